The third kappa shape index (κ3) is 4.69. The van der Waals surface area contributed by atoms with Crippen LogP contribution in [0.2, 0.25) is 0 Å². The van der Waals surface area contributed by atoms with Crippen molar-refractivity contribution in [1.82, 2.24) is 4.90 Å². The minimum Gasteiger partial charge on any atom is -0.306 e. The Labute approximate surface area is 103 Å². The molecule has 0 radical (unpaired) electrons. The normalized spacial score (nSPS) is 18.6. The molecule has 0 amide bonds. The lowest BCUT2D eigenvalue weighted by Gasteiger charge is -2.18. The van der Waals surface area contributed by atoms with Gasteiger partial charge in [-0.2, -0.15) is 0 Å². The molecule has 0 aromatic carbocycles. The number of rotatable bonds is 2. The summed E-state index contributed by atoms with van der Waals surface area (Å²) in [7, 11) is 2.24. The molecule has 1 aliphatic rings. The Morgan fingerprint density at radius 2 is 1.12 bits per heavy atom. The van der Waals surface area contributed by atoms with Gasteiger partial charge in [0.1, 0.15) is 0 Å². The van der Waals surface area contributed by atoms with Gasteiger partial charge in [0.25, 0.3) is 0 Å². The lowest BCUT2D eigenvalue weighted by molar-refractivity contribution is 0.348. The average Bonchev–Trinajstić information content (AvgIpc) is 2.43. The van der Waals surface area contributed by atoms with Gasteiger partial charge in [-0.15, -0.1) is 0 Å². The van der Waals surface area contributed by atoms with Gasteiger partial charge in [0.05, 0.1) is 0 Å². The van der Waals surface area contributed by atoms with Gasteiger partial charge in [0.2, 0.25) is 0 Å². The van der Waals surface area contributed by atoms with Crippen molar-refractivity contribution in [3.05, 3.63) is 11.1 Å². The first-order valence-corrected chi connectivity index (χ1v) is 6.92. The van der Waals surface area contributed by atoms with Gasteiger partial charge in [-0.05, 0) is 31.7 Å². The Hall–Kier alpha value is -0.300. The fourth-order valence-electron chi connectivity index (χ4n) is 2.37. The summed E-state index contributed by atoms with van der Waals surface area (Å²) in [6, 6.07) is 0. The lowest BCUT2D eigenvalue weighted by Crippen LogP contribution is -2.19. The van der Waals surface area contributed by atoms with E-state index in [9.17, 15) is 0 Å². The summed E-state index contributed by atoms with van der Waals surface area (Å²) in [5.41, 5.74) is 3.45. The van der Waals surface area contributed by atoms with E-state index in [0.29, 0.717) is 0 Å². The smallest absolute Gasteiger partial charge is 0.00159 e. The number of nitrogens with zero attached hydrogens (tertiary/aromatic N) is 1. The molecule has 0 aliphatic carbocycles. The molecule has 0 saturated heterocycles. The minimum atomic E-state index is 0.735. The van der Waals surface area contributed by atoms with Crippen LogP contribution < -0.4 is 0 Å². The van der Waals surface area contributed by atoms with Crippen molar-refractivity contribution in [2.24, 2.45) is 11.8 Å². The van der Waals surface area contributed by atoms with Crippen LogP contribution in [-0.4, -0.2) is 25.0 Å². The standard InChI is InChI=1S/C13H25N.C2H6/c1-10(2)12-6-8-14(5)9-7-13(12)11(3)4;1-2/h10-11H,6-9H2,1-5H3;1-2H3. The van der Waals surface area contributed by atoms with Gasteiger partial charge < -0.3 is 4.90 Å². The van der Waals surface area contributed by atoms with Gasteiger partial charge >= 0.3 is 0 Å². The Kier molecular flexibility index (Phi) is 7.74. The Morgan fingerprint density at radius 1 is 0.812 bits per heavy atom. The van der Waals surface area contributed by atoms with Crippen LogP contribution in [-0.2, 0) is 0 Å². The maximum Gasteiger partial charge on any atom is 0.00159 e. The zero-order valence-corrected chi connectivity index (χ0v) is 12.4. The molecule has 1 heteroatoms. The van der Waals surface area contributed by atoms with Crippen molar-refractivity contribution in [2.45, 2.75) is 54.4 Å². The molecule has 0 aromatic heterocycles. The van der Waals surface area contributed by atoms with Crippen LogP contribution in [0.3, 0.4) is 0 Å². The molecular formula is C15H31N. The van der Waals surface area contributed by atoms with Gasteiger partial charge in [-0.1, -0.05) is 52.7 Å². The number of hydrogen-bond acceptors (Lipinski definition) is 1. The molecule has 1 rings (SSSR count). The molecule has 0 fully saturated rings. The molecule has 0 unspecified atom stereocenters. The van der Waals surface area contributed by atoms with Gasteiger partial charge in [0, 0.05) is 13.1 Å². The summed E-state index contributed by atoms with van der Waals surface area (Å²) >= 11 is 0. The van der Waals surface area contributed by atoms with Crippen molar-refractivity contribution < 1.29 is 0 Å². The van der Waals surface area contributed by atoms with Crippen molar-refractivity contribution >= 4 is 0 Å². The maximum atomic E-state index is 2.46. The summed E-state index contributed by atoms with van der Waals surface area (Å²) in [6.45, 7) is 15.8. The monoisotopic (exact) mass is 225 g/mol. The second-order valence-electron chi connectivity index (χ2n) is 5.16. The molecule has 1 heterocycles. The zero-order chi connectivity index (χ0) is 12.7. The molecule has 0 N–H and O–H groups in total. The van der Waals surface area contributed by atoms with Crippen molar-refractivity contribution in [1.29, 1.82) is 0 Å². The molecule has 0 atom stereocenters. The predicted molar refractivity (Wildman–Crippen MR) is 74.8 cm³/mol. The SMILES string of the molecule is CC.CC(C)C1=C(C(C)C)CCN(C)CC1. The predicted octanol–water partition coefficient (Wildman–Crippen LogP) is 4.35. The van der Waals surface area contributed by atoms with Crippen LogP contribution in [0.25, 0.3) is 0 Å². The van der Waals surface area contributed by atoms with E-state index in [1.54, 1.807) is 11.1 Å². The molecular weight excluding hydrogens is 194 g/mol. The summed E-state index contributed by atoms with van der Waals surface area (Å²) in [5.74, 6) is 1.47. The van der Waals surface area contributed by atoms with Crippen LogP contribution in [0.15, 0.2) is 11.1 Å². The van der Waals surface area contributed by atoms with E-state index in [0.717, 1.165) is 11.8 Å². The first kappa shape index (κ1) is 15.7. The zero-order valence-electron chi connectivity index (χ0n) is 12.4. The topological polar surface area (TPSA) is 3.24 Å². The molecule has 0 bridgehead atoms. The summed E-state index contributed by atoms with van der Waals surface area (Å²) in [6.07, 6.45) is 2.56. The van der Waals surface area contributed by atoms with E-state index in [1.807, 2.05) is 13.8 Å². The van der Waals surface area contributed by atoms with E-state index in [-0.39, 0.29) is 0 Å². The van der Waals surface area contributed by atoms with Gasteiger partial charge in [0.15, 0.2) is 0 Å². The molecule has 1 nitrogen and oxygen atoms in total. The molecule has 0 aromatic rings. The van der Waals surface area contributed by atoms with Gasteiger partial charge in [-0.3, -0.25) is 0 Å². The van der Waals surface area contributed by atoms with Crippen molar-refractivity contribution in [2.75, 3.05) is 20.1 Å². The second-order valence-corrected chi connectivity index (χ2v) is 5.16. The first-order chi connectivity index (χ1) is 7.52. The molecule has 0 saturated carbocycles. The molecule has 16 heavy (non-hydrogen) atoms. The van der Waals surface area contributed by atoms with Crippen LogP contribution in [0.4, 0.5) is 0 Å². The van der Waals surface area contributed by atoms with Crippen LogP contribution in [0, 0.1) is 11.8 Å². The van der Waals surface area contributed by atoms with E-state index >= 15 is 0 Å². The second kappa shape index (κ2) is 7.89. The first-order valence-electron chi connectivity index (χ1n) is 6.92. The number of hydrogen-bond donors (Lipinski definition) is 0. The Bertz CT molecular complexity index is 191. The lowest BCUT2D eigenvalue weighted by atomic mass is 9.87. The van der Waals surface area contributed by atoms with Crippen LogP contribution in [0.1, 0.15) is 54.4 Å². The van der Waals surface area contributed by atoms with E-state index in [2.05, 4.69) is 39.6 Å². The maximum absolute atomic E-state index is 2.46. The highest BCUT2D eigenvalue weighted by atomic mass is 15.1. The van der Waals surface area contributed by atoms with E-state index in [4.69, 9.17) is 0 Å². The fourth-order valence-corrected chi connectivity index (χ4v) is 2.37. The Balaban J connectivity index is 0.00000106. The van der Waals surface area contributed by atoms with E-state index < -0.39 is 0 Å². The third-order valence-corrected chi connectivity index (χ3v) is 3.33. The quantitative estimate of drug-likeness (QED) is 0.632. The average molecular weight is 225 g/mol. The highest BCUT2D eigenvalue weighted by Crippen LogP contribution is 2.29. The highest BCUT2D eigenvalue weighted by Gasteiger charge is 2.17. The fraction of sp³-hybridized carbons (Fsp3) is 0.867. The summed E-state index contributed by atoms with van der Waals surface area (Å²) < 4.78 is 0. The molecule has 1 aliphatic heterocycles. The van der Waals surface area contributed by atoms with Crippen LogP contribution in [0.5, 0.6) is 0 Å². The molecule has 0 spiro atoms. The van der Waals surface area contributed by atoms with Crippen molar-refractivity contribution in [3.8, 4) is 0 Å². The third-order valence-electron chi connectivity index (χ3n) is 3.33. The van der Waals surface area contributed by atoms with Crippen molar-refractivity contribution in [3.63, 3.8) is 0 Å². The Morgan fingerprint density at radius 3 is 1.38 bits per heavy atom. The minimum absolute atomic E-state index is 0.735. The summed E-state index contributed by atoms with van der Waals surface area (Å²) in [4.78, 5) is 2.46. The van der Waals surface area contributed by atoms with E-state index in [1.165, 1.54) is 25.9 Å². The van der Waals surface area contributed by atoms with Crippen LogP contribution >= 0.6 is 0 Å². The largest absolute Gasteiger partial charge is 0.306 e. The van der Waals surface area contributed by atoms with Gasteiger partial charge in [-0.25, -0.2) is 0 Å². The highest BCUT2D eigenvalue weighted by molar-refractivity contribution is 5.20. The summed E-state index contributed by atoms with van der Waals surface area (Å²) in [5, 5.41) is 0. The molecule has 96 valence electrons.